The van der Waals surface area contributed by atoms with Crippen molar-refractivity contribution in [1.29, 1.82) is 0 Å². The van der Waals surface area contributed by atoms with Gasteiger partial charge in [0, 0.05) is 12.1 Å². The minimum absolute atomic E-state index is 0.215. The first kappa shape index (κ1) is 13.8. The third kappa shape index (κ3) is 2.69. The summed E-state index contributed by atoms with van der Waals surface area (Å²) in [6.45, 7) is 2.25. The van der Waals surface area contributed by atoms with Gasteiger partial charge in [-0.25, -0.2) is 0 Å². The van der Waals surface area contributed by atoms with Crippen LogP contribution in [0.1, 0.15) is 51.9 Å². The molecule has 2 saturated carbocycles. The SMILES string of the molecule is CCOC(=O)C1(N)CCC(N(C)C2CCCC2)C1. The van der Waals surface area contributed by atoms with Gasteiger partial charge in [-0.2, -0.15) is 0 Å². The molecule has 18 heavy (non-hydrogen) atoms. The topological polar surface area (TPSA) is 55.6 Å². The minimum Gasteiger partial charge on any atom is -0.465 e. The monoisotopic (exact) mass is 254 g/mol. The van der Waals surface area contributed by atoms with Gasteiger partial charge in [-0.05, 0) is 46.1 Å². The Labute approximate surface area is 110 Å². The lowest BCUT2D eigenvalue weighted by atomic mass is 9.98. The van der Waals surface area contributed by atoms with Gasteiger partial charge in [-0.3, -0.25) is 4.79 Å². The number of hydrogen-bond acceptors (Lipinski definition) is 4. The van der Waals surface area contributed by atoms with Crippen molar-refractivity contribution in [2.24, 2.45) is 5.73 Å². The number of hydrogen-bond donors (Lipinski definition) is 1. The first-order valence-electron chi connectivity index (χ1n) is 7.25. The largest absolute Gasteiger partial charge is 0.465 e. The molecule has 2 fully saturated rings. The van der Waals surface area contributed by atoms with E-state index in [1.54, 1.807) is 0 Å². The average molecular weight is 254 g/mol. The number of carbonyl (C=O) groups is 1. The molecule has 2 atom stereocenters. The molecule has 0 aromatic rings. The van der Waals surface area contributed by atoms with Crippen LogP contribution in [0.15, 0.2) is 0 Å². The summed E-state index contributed by atoms with van der Waals surface area (Å²) in [5.41, 5.74) is 5.47. The number of carbonyl (C=O) groups excluding carboxylic acids is 1. The van der Waals surface area contributed by atoms with E-state index in [1.807, 2.05) is 6.92 Å². The fraction of sp³-hybridized carbons (Fsp3) is 0.929. The maximum absolute atomic E-state index is 11.9. The van der Waals surface area contributed by atoms with Crippen molar-refractivity contribution in [2.45, 2.75) is 69.5 Å². The molecular weight excluding hydrogens is 228 g/mol. The standard InChI is InChI=1S/C14H26N2O2/c1-3-18-13(17)14(15)9-8-12(10-14)16(2)11-6-4-5-7-11/h11-12H,3-10,15H2,1-2H3. The van der Waals surface area contributed by atoms with Crippen molar-refractivity contribution in [2.75, 3.05) is 13.7 Å². The number of ether oxygens (including phenoxy) is 1. The van der Waals surface area contributed by atoms with Crippen LogP contribution in [-0.4, -0.2) is 42.1 Å². The van der Waals surface area contributed by atoms with Crippen LogP contribution in [0, 0.1) is 0 Å². The Morgan fingerprint density at radius 3 is 2.61 bits per heavy atom. The van der Waals surface area contributed by atoms with Crippen LogP contribution in [0.3, 0.4) is 0 Å². The molecule has 0 spiro atoms. The summed E-state index contributed by atoms with van der Waals surface area (Å²) in [5, 5.41) is 0. The molecule has 0 aromatic heterocycles. The molecule has 0 heterocycles. The van der Waals surface area contributed by atoms with Gasteiger partial charge in [0.05, 0.1) is 6.61 Å². The lowest BCUT2D eigenvalue weighted by Gasteiger charge is -2.31. The minimum atomic E-state index is -0.743. The van der Waals surface area contributed by atoms with Gasteiger partial charge in [-0.1, -0.05) is 12.8 Å². The molecule has 0 amide bonds. The predicted molar refractivity (Wildman–Crippen MR) is 71.2 cm³/mol. The van der Waals surface area contributed by atoms with Gasteiger partial charge in [0.25, 0.3) is 0 Å². The van der Waals surface area contributed by atoms with Gasteiger partial charge in [0.1, 0.15) is 5.54 Å². The third-order valence-electron chi connectivity index (χ3n) is 4.68. The second-order valence-corrected chi connectivity index (χ2v) is 5.88. The highest BCUT2D eigenvalue weighted by atomic mass is 16.5. The van der Waals surface area contributed by atoms with Gasteiger partial charge in [0.15, 0.2) is 0 Å². The van der Waals surface area contributed by atoms with Crippen LogP contribution < -0.4 is 5.73 Å². The highest BCUT2D eigenvalue weighted by molar-refractivity contribution is 5.81. The van der Waals surface area contributed by atoms with Gasteiger partial charge < -0.3 is 15.4 Å². The maximum atomic E-state index is 11.9. The number of esters is 1. The summed E-state index contributed by atoms with van der Waals surface area (Å²) >= 11 is 0. The van der Waals surface area contributed by atoms with E-state index < -0.39 is 5.54 Å². The van der Waals surface area contributed by atoms with E-state index in [1.165, 1.54) is 25.7 Å². The average Bonchev–Trinajstić information content (AvgIpc) is 2.98. The molecule has 2 rings (SSSR count). The van der Waals surface area contributed by atoms with E-state index in [0.29, 0.717) is 18.7 Å². The lowest BCUT2D eigenvalue weighted by molar-refractivity contribution is -0.149. The summed E-state index contributed by atoms with van der Waals surface area (Å²) < 4.78 is 5.10. The molecule has 2 unspecified atom stereocenters. The molecule has 0 saturated heterocycles. The number of nitrogens with zero attached hydrogens (tertiary/aromatic N) is 1. The van der Waals surface area contributed by atoms with Crippen LogP contribution >= 0.6 is 0 Å². The fourth-order valence-electron chi connectivity index (χ4n) is 3.47. The lowest BCUT2D eigenvalue weighted by Crippen LogP contribution is -2.48. The van der Waals surface area contributed by atoms with E-state index in [9.17, 15) is 4.79 Å². The van der Waals surface area contributed by atoms with Crippen molar-refractivity contribution < 1.29 is 9.53 Å². The van der Waals surface area contributed by atoms with Gasteiger partial charge in [-0.15, -0.1) is 0 Å². The summed E-state index contributed by atoms with van der Waals surface area (Å²) in [4.78, 5) is 14.3. The molecule has 0 radical (unpaired) electrons. The molecular formula is C14H26N2O2. The second kappa shape index (κ2) is 5.57. The Morgan fingerprint density at radius 2 is 2.00 bits per heavy atom. The van der Waals surface area contributed by atoms with Crippen molar-refractivity contribution in [3.05, 3.63) is 0 Å². The van der Waals surface area contributed by atoms with Crippen LogP contribution in [0.2, 0.25) is 0 Å². The first-order valence-corrected chi connectivity index (χ1v) is 7.25. The molecule has 2 N–H and O–H groups in total. The fourth-order valence-corrected chi connectivity index (χ4v) is 3.47. The summed E-state index contributed by atoms with van der Waals surface area (Å²) in [6, 6.07) is 1.14. The van der Waals surface area contributed by atoms with E-state index >= 15 is 0 Å². The highest BCUT2D eigenvalue weighted by Crippen LogP contribution is 2.35. The van der Waals surface area contributed by atoms with Crippen LogP contribution in [0.4, 0.5) is 0 Å². The van der Waals surface area contributed by atoms with Crippen LogP contribution in [0.5, 0.6) is 0 Å². The van der Waals surface area contributed by atoms with E-state index in [4.69, 9.17) is 10.5 Å². The van der Waals surface area contributed by atoms with Crippen LogP contribution in [-0.2, 0) is 9.53 Å². The maximum Gasteiger partial charge on any atom is 0.326 e. The molecule has 2 aliphatic carbocycles. The molecule has 0 bridgehead atoms. The van der Waals surface area contributed by atoms with E-state index in [-0.39, 0.29) is 5.97 Å². The first-order chi connectivity index (χ1) is 8.57. The quantitative estimate of drug-likeness (QED) is 0.775. The Kier molecular flexibility index (Phi) is 4.28. The molecule has 0 aliphatic heterocycles. The number of rotatable bonds is 4. The number of nitrogens with two attached hydrogens (primary N) is 1. The summed E-state index contributed by atoms with van der Waals surface area (Å²) in [6.07, 6.45) is 7.80. The highest BCUT2D eigenvalue weighted by Gasteiger charge is 2.45. The van der Waals surface area contributed by atoms with Crippen LogP contribution in [0.25, 0.3) is 0 Å². The molecule has 0 aromatic carbocycles. The molecule has 104 valence electrons. The second-order valence-electron chi connectivity index (χ2n) is 5.88. The van der Waals surface area contributed by atoms with Crippen molar-refractivity contribution in [1.82, 2.24) is 4.90 Å². The summed E-state index contributed by atoms with van der Waals surface area (Å²) in [5.74, 6) is -0.215. The van der Waals surface area contributed by atoms with Crippen molar-refractivity contribution >= 4 is 5.97 Å². The van der Waals surface area contributed by atoms with Crippen molar-refractivity contribution in [3.63, 3.8) is 0 Å². The molecule has 2 aliphatic rings. The zero-order valence-corrected chi connectivity index (χ0v) is 11.7. The molecule has 4 nitrogen and oxygen atoms in total. The smallest absolute Gasteiger partial charge is 0.326 e. The predicted octanol–water partition coefficient (Wildman–Crippen LogP) is 1.67. The Balaban J connectivity index is 1.92. The Hall–Kier alpha value is -0.610. The third-order valence-corrected chi connectivity index (χ3v) is 4.68. The van der Waals surface area contributed by atoms with Gasteiger partial charge in [0.2, 0.25) is 0 Å². The Morgan fingerprint density at radius 1 is 1.33 bits per heavy atom. The van der Waals surface area contributed by atoms with Gasteiger partial charge >= 0.3 is 5.97 Å². The van der Waals surface area contributed by atoms with Crippen molar-refractivity contribution in [3.8, 4) is 0 Å². The Bertz CT molecular complexity index is 302. The zero-order chi connectivity index (χ0) is 13.2. The zero-order valence-electron chi connectivity index (χ0n) is 11.7. The normalized spacial score (nSPS) is 33.2. The summed E-state index contributed by atoms with van der Waals surface area (Å²) in [7, 11) is 2.19. The van der Waals surface area contributed by atoms with E-state index in [2.05, 4.69) is 11.9 Å². The van der Waals surface area contributed by atoms with E-state index in [0.717, 1.165) is 19.3 Å². The molecule has 4 heteroatoms.